The Hall–Kier alpha value is -2.67. The van der Waals surface area contributed by atoms with E-state index in [1.165, 1.54) is 17.4 Å². The van der Waals surface area contributed by atoms with Gasteiger partial charge in [-0.25, -0.2) is 4.68 Å². The number of nitrogens with zero attached hydrogens (tertiary/aromatic N) is 3. The Morgan fingerprint density at radius 2 is 2.19 bits per heavy atom. The second kappa shape index (κ2) is 5.76. The number of hydrogen-bond donors (Lipinski definition) is 1. The molecule has 106 valence electrons. The first-order valence-corrected chi connectivity index (χ1v) is 7.11. The summed E-state index contributed by atoms with van der Waals surface area (Å²) in [6.45, 7) is 0.557. The summed E-state index contributed by atoms with van der Waals surface area (Å²) < 4.78 is 1.78. The first kappa shape index (κ1) is 13.3. The molecule has 0 aliphatic rings. The zero-order chi connectivity index (χ0) is 14.7. The van der Waals surface area contributed by atoms with Gasteiger partial charge in [0.25, 0.3) is 0 Å². The highest BCUT2D eigenvalue weighted by atomic mass is 32.1. The Labute approximate surface area is 124 Å². The highest BCUT2D eigenvalue weighted by Gasteiger charge is 2.09. The Morgan fingerprint density at radius 1 is 1.29 bits per heavy atom. The van der Waals surface area contributed by atoms with Gasteiger partial charge < -0.3 is 5.32 Å². The van der Waals surface area contributed by atoms with E-state index in [4.69, 9.17) is 0 Å². The Morgan fingerprint density at radius 3 is 2.90 bits per heavy atom. The second-order valence-corrected chi connectivity index (χ2v) is 5.50. The maximum atomic E-state index is 10.7. The van der Waals surface area contributed by atoms with Crippen molar-refractivity contribution < 1.29 is 4.92 Å². The van der Waals surface area contributed by atoms with Crippen molar-refractivity contribution in [1.29, 1.82) is 0 Å². The van der Waals surface area contributed by atoms with Crippen LogP contribution in [0.2, 0.25) is 0 Å². The molecule has 0 radical (unpaired) electrons. The summed E-state index contributed by atoms with van der Waals surface area (Å²) >= 11 is 1.18. The van der Waals surface area contributed by atoms with Gasteiger partial charge in [0, 0.05) is 35.6 Å². The summed E-state index contributed by atoms with van der Waals surface area (Å²) in [6, 6.07) is 13.0. The van der Waals surface area contributed by atoms with Crippen molar-refractivity contribution in [3.63, 3.8) is 0 Å². The lowest BCUT2D eigenvalue weighted by molar-refractivity contribution is -0.380. The number of nitrogens with one attached hydrogen (secondary N) is 1. The maximum absolute atomic E-state index is 10.7. The predicted molar refractivity (Wildman–Crippen MR) is 81.9 cm³/mol. The molecule has 0 aliphatic carbocycles. The topological polar surface area (TPSA) is 73.0 Å². The van der Waals surface area contributed by atoms with Crippen LogP contribution in [0.15, 0.2) is 54.9 Å². The summed E-state index contributed by atoms with van der Waals surface area (Å²) in [7, 11) is 0. The largest absolute Gasteiger partial charge is 0.380 e. The van der Waals surface area contributed by atoms with Gasteiger partial charge >= 0.3 is 5.00 Å². The molecule has 0 unspecified atom stereocenters. The minimum atomic E-state index is -0.369. The monoisotopic (exact) mass is 300 g/mol. The van der Waals surface area contributed by atoms with Crippen LogP contribution in [0.4, 0.5) is 10.7 Å². The first-order chi connectivity index (χ1) is 10.2. The predicted octanol–water partition coefficient (Wildman–Crippen LogP) is 3.45. The van der Waals surface area contributed by atoms with E-state index in [-0.39, 0.29) is 9.92 Å². The third-order valence-electron chi connectivity index (χ3n) is 2.91. The molecule has 0 aliphatic heterocycles. The van der Waals surface area contributed by atoms with E-state index in [9.17, 15) is 10.1 Å². The van der Waals surface area contributed by atoms with Crippen molar-refractivity contribution >= 4 is 22.0 Å². The number of benzene rings is 1. The summed E-state index contributed by atoms with van der Waals surface area (Å²) in [5.74, 6) is 0. The third kappa shape index (κ3) is 3.09. The number of hydrogen-bond acceptors (Lipinski definition) is 5. The zero-order valence-electron chi connectivity index (χ0n) is 11.0. The van der Waals surface area contributed by atoms with Crippen LogP contribution < -0.4 is 5.32 Å². The van der Waals surface area contributed by atoms with Crippen LogP contribution >= 0.6 is 11.3 Å². The van der Waals surface area contributed by atoms with Crippen LogP contribution in [0.1, 0.15) is 4.88 Å². The molecule has 21 heavy (non-hydrogen) atoms. The van der Waals surface area contributed by atoms with Crippen molar-refractivity contribution in [1.82, 2.24) is 9.78 Å². The average molecular weight is 300 g/mol. The fourth-order valence-corrected chi connectivity index (χ4v) is 2.69. The Bertz CT molecular complexity index is 752. The van der Waals surface area contributed by atoms with Gasteiger partial charge in [-0.3, -0.25) is 10.1 Å². The molecule has 7 heteroatoms. The molecule has 6 nitrogen and oxygen atoms in total. The molecule has 0 bridgehead atoms. The lowest BCUT2D eigenvalue weighted by atomic mass is 10.2. The number of nitro groups is 1. The van der Waals surface area contributed by atoms with Gasteiger partial charge in [-0.15, -0.1) is 0 Å². The van der Waals surface area contributed by atoms with Crippen molar-refractivity contribution in [2.45, 2.75) is 6.54 Å². The van der Waals surface area contributed by atoms with Gasteiger partial charge in [0.2, 0.25) is 0 Å². The first-order valence-electron chi connectivity index (χ1n) is 6.29. The normalized spacial score (nSPS) is 10.5. The fraction of sp³-hybridized carbons (Fsp3) is 0.0714. The van der Waals surface area contributed by atoms with Crippen LogP contribution in [0, 0.1) is 10.1 Å². The van der Waals surface area contributed by atoms with Crippen molar-refractivity contribution in [2.24, 2.45) is 0 Å². The number of rotatable bonds is 5. The van der Waals surface area contributed by atoms with Crippen LogP contribution in [-0.2, 0) is 6.54 Å². The molecule has 0 saturated heterocycles. The average Bonchev–Trinajstić information content (AvgIpc) is 3.17. The molecule has 0 spiro atoms. The Balaban J connectivity index is 1.70. The SMILES string of the molecule is O=[N+]([O-])c1ccc(CNc2cccc(-n3cccn3)c2)s1. The van der Waals surface area contributed by atoms with Crippen LogP contribution in [-0.4, -0.2) is 14.7 Å². The van der Waals surface area contributed by atoms with Gasteiger partial charge in [0.1, 0.15) is 0 Å². The molecule has 1 aromatic carbocycles. The summed E-state index contributed by atoms with van der Waals surface area (Å²) in [5.41, 5.74) is 1.90. The molecule has 1 N–H and O–H groups in total. The van der Waals surface area contributed by atoms with E-state index < -0.39 is 0 Å². The highest BCUT2D eigenvalue weighted by molar-refractivity contribution is 7.15. The molecule has 2 heterocycles. The molecule has 3 aromatic rings. The molecule has 3 rings (SSSR count). The highest BCUT2D eigenvalue weighted by Crippen LogP contribution is 2.25. The lowest BCUT2D eigenvalue weighted by Gasteiger charge is -2.07. The number of aromatic nitrogens is 2. The van der Waals surface area contributed by atoms with Gasteiger partial charge in [-0.2, -0.15) is 5.10 Å². The number of thiophene rings is 1. The zero-order valence-corrected chi connectivity index (χ0v) is 11.8. The lowest BCUT2D eigenvalue weighted by Crippen LogP contribution is -1.99. The summed E-state index contributed by atoms with van der Waals surface area (Å²) in [4.78, 5) is 11.2. The van der Waals surface area contributed by atoms with Crippen LogP contribution in [0.3, 0.4) is 0 Å². The van der Waals surface area contributed by atoms with E-state index in [0.717, 1.165) is 16.3 Å². The summed E-state index contributed by atoms with van der Waals surface area (Å²) in [6.07, 6.45) is 3.60. The van der Waals surface area contributed by atoms with E-state index in [1.807, 2.05) is 36.5 Å². The standard InChI is InChI=1S/C14H12N4O2S/c19-18(20)14-6-5-13(21-14)10-15-11-3-1-4-12(9-11)17-8-2-7-16-17/h1-9,15H,10H2. The van der Waals surface area contributed by atoms with Crippen LogP contribution in [0.25, 0.3) is 5.69 Å². The molecular weight excluding hydrogens is 288 g/mol. The second-order valence-electron chi connectivity index (χ2n) is 4.35. The molecular formula is C14H12N4O2S. The van der Waals surface area contributed by atoms with E-state index in [1.54, 1.807) is 16.9 Å². The molecule has 0 amide bonds. The van der Waals surface area contributed by atoms with Crippen molar-refractivity contribution in [3.8, 4) is 5.69 Å². The third-order valence-corrected chi connectivity index (χ3v) is 3.95. The van der Waals surface area contributed by atoms with Gasteiger partial charge in [0.15, 0.2) is 0 Å². The van der Waals surface area contributed by atoms with E-state index in [0.29, 0.717) is 6.54 Å². The quantitative estimate of drug-likeness (QED) is 0.578. The number of anilines is 1. The smallest absolute Gasteiger partial charge is 0.324 e. The van der Waals surface area contributed by atoms with Crippen molar-refractivity contribution in [3.05, 3.63) is 69.8 Å². The fourth-order valence-electron chi connectivity index (χ4n) is 1.93. The van der Waals surface area contributed by atoms with E-state index in [2.05, 4.69) is 10.4 Å². The maximum Gasteiger partial charge on any atom is 0.324 e. The van der Waals surface area contributed by atoms with Crippen molar-refractivity contribution in [2.75, 3.05) is 5.32 Å². The molecule has 2 aromatic heterocycles. The molecule has 0 saturated carbocycles. The van der Waals surface area contributed by atoms with Crippen LogP contribution in [0.5, 0.6) is 0 Å². The Kier molecular flexibility index (Phi) is 3.65. The van der Waals surface area contributed by atoms with E-state index >= 15 is 0 Å². The van der Waals surface area contributed by atoms with Gasteiger partial charge in [-0.1, -0.05) is 17.4 Å². The molecule has 0 atom stereocenters. The minimum absolute atomic E-state index is 0.164. The van der Waals surface area contributed by atoms with Gasteiger partial charge in [0.05, 0.1) is 10.6 Å². The summed E-state index contributed by atoms with van der Waals surface area (Å²) in [5, 5.41) is 18.3. The minimum Gasteiger partial charge on any atom is -0.380 e. The molecule has 0 fully saturated rings. The van der Waals surface area contributed by atoms with Gasteiger partial charge in [-0.05, 0) is 30.3 Å².